The zero-order valence-electron chi connectivity index (χ0n) is 12.2. The summed E-state index contributed by atoms with van der Waals surface area (Å²) in [6.07, 6.45) is 4.04. The summed E-state index contributed by atoms with van der Waals surface area (Å²) in [6, 6.07) is 0.405. The first kappa shape index (κ1) is 14.5. The monoisotopic (exact) mass is 267 g/mol. The quantitative estimate of drug-likeness (QED) is 0.822. The molecule has 2 unspecified atom stereocenters. The third-order valence-electron chi connectivity index (χ3n) is 3.37. The van der Waals surface area contributed by atoms with Crippen LogP contribution in [0.3, 0.4) is 0 Å². The van der Waals surface area contributed by atoms with Crippen LogP contribution in [-0.4, -0.2) is 29.3 Å². The fourth-order valence-corrected chi connectivity index (χ4v) is 2.57. The van der Waals surface area contributed by atoms with Gasteiger partial charge in [0, 0.05) is 19.1 Å². The molecule has 0 bridgehead atoms. The summed E-state index contributed by atoms with van der Waals surface area (Å²) in [5.41, 5.74) is 0. The van der Waals surface area contributed by atoms with Crippen LogP contribution in [0.2, 0.25) is 0 Å². The van der Waals surface area contributed by atoms with Gasteiger partial charge in [0.05, 0.1) is 0 Å². The normalized spacial score (nSPS) is 21.2. The van der Waals surface area contributed by atoms with E-state index < -0.39 is 0 Å². The number of nitrogens with zero attached hydrogens (tertiary/aromatic N) is 2. The second-order valence-corrected chi connectivity index (χ2v) is 5.64. The molecule has 1 N–H and O–H groups in total. The Morgan fingerprint density at radius 1 is 1.42 bits per heavy atom. The maximum Gasteiger partial charge on any atom is 0.228 e. The molecule has 0 saturated carbocycles. The molecule has 1 aromatic rings. The van der Waals surface area contributed by atoms with Crippen molar-refractivity contribution in [2.24, 2.45) is 5.92 Å². The highest BCUT2D eigenvalue weighted by Crippen LogP contribution is 2.26. The first-order valence-corrected chi connectivity index (χ1v) is 7.36. The Balaban J connectivity index is 1.92. The Morgan fingerprint density at radius 3 is 2.89 bits per heavy atom. The van der Waals surface area contributed by atoms with Crippen molar-refractivity contribution >= 4 is 0 Å². The van der Waals surface area contributed by atoms with Crippen LogP contribution in [0.4, 0.5) is 0 Å². The van der Waals surface area contributed by atoms with E-state index in [1.807, 2.05) is 0 Å². The second-order valence-electron chi connectivity index (χ2n) is 5.64. The minimum atomic E-state index is 0.0418. The SMILES string of the molecule is CCNC(Cc1nc(C2CCCO2)no1)CC(C)C. The summed E-state index contributed by atoms with van der Waals surface area (Å²) in [5.74, 6) is 2.09. The Morgan fingerprint density at radius 2 is 2.26 bits per heavy atom. The molecule has 1 aliphatic heterocycles. The van der Waals surface area contributed by atoms with Gasteiger partial charge in [-0.25, -0.2) is 0 Å². The lowest BCUT2D eigenvalue weighted by Crippen LogP contribution is -2.32. The average molecular weight is 267 g/mol. The number of hydrogen-bond acceptors (Lipinski definition) is 5. The van der Waals surface area contributed by atoms with Gasteiger partial charge in [-0.05, 0) is 31.7 Å². The van der Waals surface area contributed by atoms with Crippen molar-refractivity contribution in [3.05, 3.63) is 11.7 Å². The predicted molar refractivity (Wildman–Crippen MR) is 72.8 cm³/mol. The molecule has 1 aliphatic rings. The first-order valence-electron chi connectivity index (χ1n) is 7.36. The second kappa shape index (κ2) is 7.01. The van der Waals surface area contributed by atoms with E-state index in [1.165, 1.54) is 0 Å². The molecule has 1 saturated heterocycles. The molecular weight excluding hydrogens is 242 g/mol. The van der Waals surface area contributed by atoms with Crippen LogP contribution in [0.25, 0.3) is 0 Å². The van der Waals surface area contributed by atoms with Gasteiger partial charge in [0.25, 0.3) is 0 Å². The van der Waals surface area contributed by atoms with Gasteiger partial charge >= 0.3 is 0 Å². The van der Waals surface area contributed by atoms with Crippen molar-refractivity contribution in [2.45, 2.75) is 58.6 Å². The smallest absolute Gasteiger partial charge is 0.228 e. The highest BCUT2D eigenvalue weighted by Gasteiger charge is 2.24. The molecule has 0 aliphatic carbocycles. The van der Waals surface area contributed by atoms with Crippen molar-refractivity contribution in [1.29, 1.82) is 0 Å². The van der Waals surface area contributed by atoms with Gasteiger partial charge in [-0.3, -0.25) is 0 Å². The summed E-state index contributed by atoms with van der Waals surface area (Å²) >= 11 is 0. The molecule has 19 heavy (non-hydrogen) atoms. The maximum absolute atomic E-state index is 5.57. The lowest BCUT2D eigenvalue weighted by atomic mass is 10.0. The van der Waals surface area contributed by atoms with Gasteiger partial charge < -0.3 is 14.6 Å². The Labute approximate surface area is 115 Å². The van der Waals surface area contributed by atoms with E-state index in [2.05, 4.69) is 36.2 Å². The van der Waals surface area contributed by atoms with Crippen LogP contribution in [-0.2, 0) is 11.2 Å². The van der Waals surface area contributed by atoms with Crippen molar-refractivity contribution < 1.29 is 9.26 Å². The minimum Gasteiger partial charge on any atom is -0.370 e. The minimum absolute atomic E-state index is 0.0418. The largest absolute Gasteiger partial charge is 0.370 e. The fourth-order valence-electron chi connectivity index (χ4n) is 2.57. The molecule has 1 fully saturated rings. The highest BCUT2D eigenvalue weighted by molar-refractivity contribution is 4.95. The zero-order valence-corrected chi connectivity index (χ0v) is 12.2. The van der Waals surface area contributed by atoms with E-state index >= 15 is 0 Å². The van der Waals surface area contributed by atoms with Gasteiger partial charge in [-0.2, -0.15) is 4.98 Å². The van der Waals surface area contributed by atoms with Crippen LogP contribution in [0.15, 0.2) is 4.52 Å². The summed E-state index contributed by atoms with van der Waals surface area (Å²) < 4.78 is 10.9. The Hall–Kier alpha value is -0.940. The van der Waals surface area contributed by atoms with E-state index in [1.54, 1.807) is 0 Å². The van der Waals surface area contributed by atoms with E-state index in [0.717, 1.165) is 44.7 Å². The molecule has 1 aromatic heterocycles. The molecule has 2 heterocycles. The lowest BCUT2D eigenvalue weighted by Gasteiger charge is -2.17. The molecule has 0 aromatic carbocycles. The van der Waals surface area contributed by atoms with Crippen LogP contribution < -0.4 is 5.32 Å². The zero-order chi connectivity index (χ0) is 13.7. The molecule has 2 rings (SSSR count). The van der Waals surface area contributed by atoms with Crippen molar-refractivity contribution in [2.75, 3.05) is 13.2 Å². The molecule has 5 nitrogen and oxygen atoms in total. The third kappa shape index (κ3) is 4.28. The van der Waals surface area contributed by atoms with Crippen LogP contribution in [0.1, 0.15) is 57.9 Å². The molecule has 5 heteroatoms. The van der Waals surface area contributed by atoms with Crippen molar-refractivity contribution in [3.8, 4) is 0 Å². The fraction of sp³-hybridized carbons (Fsp3) is 0.857. The van der Waals surface area contributed by atoms with Crippen LogP contribution in [0.5, 0.6) is 0 Å². The summed E-state index contributed by atoms with van der Waals surface area (Å²) in [4.78, 5) is 4.48. The van der Waals surface area contributed by atoms with E-state index in [-0.39, 0.29) is 6.10 Å². The van der Waals surface area contributed by atoms with Crippen molar-refractivity contribution in [1.82, 2.24) is 15.5 Å². The van der Waals surface area contributed by atoms with Crippen LogP contribution >= 0.6 is 0 Å². The topological polar surface area (TPSA) is 60.2 Å². The van der Waals surface area contributed by atoms with Crippen molar-refractivity contribution in [3.63, 3.8) is 0 Å². The Kier molecular flexibility index (Phi) is 5.34. The number of likely N-dealkylation sites (N-methyl/N-ethyl adjacent to an activating group) is 1. The number of aromatic nitrogens is 2. The van der Waals surface area contributed by atoms with Gasteiger partial charge in [0.15, 0.2) is 0 Å². The first-order chi connectivity index (χ1) is 9.19. The third-order valence-corrected chi connectivity index (χ3v) is 3.37. The number of nitrogens with one attached hydrogen (secondary N) is 1. The van der Waals surface area contributed by atoms with Gasteiger partial charge in [-0.15, -0.1) is 0 Å². The summed E-state index contributed by atoms with van der Waals surface area (Å²) in [6.45, 7) is 8.36. The molecule has 0 radical (unpaired) electrons. The van der Waals surface area contributed by atoms with E-state index in [0.29, 0.717) is 17.8 Å². The van der Waals surface area contributed by atoms with Crippen LogP contribution in [0, 0.1) is 5.92 Å². The number of hydrogen-bond donors (Lipinski definition) is 1. The molecular formula is C14H25N3O2. The van der Waals surface area contributed by atoms with Gasteiger partial charge in [-0.1, -0.05) is 25.9 Å². The summed E-state index contributed by atoms with van der Waals surface area (Å²) in [5, 5.41) is 7.53. The molecule has 0 amide bonds. The van der Waals surface area contributed by atoms with E-state index in [9.17, 15) is 0 Å². The van der Waals surface area contributed by atoms with Gasteiger partial charge in [0.1, 0.15) is 6.10 Å². The van der Waals surface area contributed by atoms with Gasteiger partial charge in [0.2, 0.25) is 11.7 Å². The predicted octanol–water partition coefficient (Wildman–Crippen LogP) is 2.49. The molecule has 108 valence electrons. The standard InChI is InChI=1S/C14H25N3O2/c1-4-15-11(8-10(2)3)9-13-16-14(17-19-13)12-6-5-7-18-12/h10-12,15H,4-9H2,1-3H3. The van der Waals surface area contributed by atoms with E-state index in [4.69, 9.17) is 9.26 Å². The molecule has 2 atom stereocenters. The number of rotatable bonds is 7. The number of ether oxygens (including phenoxy) is 1. The highest BCUT2D eigenvalue weighted by atomic mass is 16.5. The Bertz CT molecular complexity index is 373. The molecule has 0 spiro atoms. The maximum atomic E-state index is 5.57. The summed E-state index contributed by atoms with van der Waals surface area (Å²) in [7, 11) is 0. The average Bonchev–Trinajstić information content (AvgIpc) is 2.97. The lowest BCUT2D eigenvalue weighted by molar-refractivity contribution is 0.103.